The van der Waals surface area contributed by atoms with E-state index in [1.165, 1.54) is 22.8 Å². The fraction of sp³-hybridized carbons (Fsp3) is 0.375. The summed E-state index contributed by atoms with van der Waals surface area (Å²) in [4.78, 5) is 58.7. The lowest BCUT2D eigenvalue weighted by molar-refractivity contribution is -0.136. The fourth-order valence-electron chi connectivity index (χ4n) is 9.97. The fourth-order valence-corrected chi connectivity index (χ4v) is 10.2. The molecule has 9 rings (SSSR count). The Kier molecular flexibility index (Phi) is 11.6. The molecule has 60 heavy (non-hydrogen) atoms. The molecule has 4 saturated heterocycles. The summed E-state index contributed by atoms with van der Waals surface area (Å²) in [5.74, 6) is -1.00. The molecule has 0 aromatic heterocycles. The molecule has 310 valence electrons. The van der Waals surface area contributed by atoms with Crippen molar-refractivity contribution in [2.75, 3.05) is 56.7 Å². The Labute approximate surface area is 354 Å². The van der Waals surface area contributed by atoms with Gasteiger partial charge in [0.25, 0.3) is 11.8 Å². The number of piperidine rings is 2. The Morgan fingerprint density at radius 1 is 0.783 bits per heavy atom. The number of piperazine rings is 1. The van der Waals surface area contributed by atoms with Crippen LogP contribution < -0.4 is 15.0 Å². The van der Waals surface area contributed by atoms with Crippen LogP contribution in [0.3, 0.4) is 0 Å². The number of halogens is 2. The van der Waals surface area contributed by atoms with E-state index in [0.717, 1.165) is 86.2 Å². The molecule has 2 bridgehead atoms. The number of imide groups is 2. The highest BCUT2D eigenvalue weighted by molar-refractivity contribution is 6.24. The molecule has 4 amide bonds. The third kappa shape index (κ3) is 7.98. The minimum absolute atomic E-state index is 0.0315. The van der Waals surface area contributed by atoms with Gasteiger partial charge in [-0.3, -0.25) is 39.2 Å². The van der Waals surface area contributed by atoms with Crippen molar-refractivity contribution in [1.82, 2.24) is 20.0 Å². The van der Waals surface area contributed by atoms with E-state index < -0.39 is 35.5 Å². The van der Waals surface area contributed by atoms with E-state index in [1.54, 1.807) is 0 Å². The van der Waals surface area contributed by atoms with E-state index in [4.69, 9.17) is 16.3 Å². The number of hydrogen-bond acceptors (Lipinski definition) is 8. The van der Waals surface area contributed by atoms with Crippen molar-refractivity contribution in [2.45, 2.75) is 56.7 Å². The molecule has 0 spiro atoms. The second-order valence-electron chi connectivity index (χ2n) is 16.6. The predicted octanol–water partition coefficient (Wildman–Crippen LogP) is 6.87. The van der Waals surface area contributed by atoms with Crippen LogP contribution in [0.2, 0.25) is 0 Å². The molecule has 0 radical (unpaired) electrons. The van der Waals surface area contributed by atoms with Crippen LogP contribution in [0.25, 0.3) is 11.1 Å². The topological polar surface area (TPSA) is 102 Å². The minimum Gasteiger partial charge on any atom is -0.492 e. The second-order valence-corrected chi connectivity index (χ2v) is 17.0. The summed E-state index contributed by atoms with van der Waals surface area (Å²) in [6.07, 6.45) is 4.00. The first kappa shape index (κ1) is 40.1. The van der Waals surface area contributed by atoms with Crippen LogP contribution in [0.1, 0.15) is 75.9 Å². The molecule has 0 aliphatic carbocycles. The molecule has 1 N–H and O–H groups in total. The Morgan fingerprint density at radius 3 is 2.10 bits per heavy atom. The average molecular weight is 830 g/mol. The first-order chi connectivity index (χ1) is 29.2. The van der Waals surface area contributed by atoms with Crippen LogP contribution in [0.4, 0.5) is 10.1 Å². The SMILES string of the molecule is O=C1CCC(N2C(=O)c3cc(F)c(N4CC5CC4CN5CC4CCN(CCOc5ccc(C(=C(CCCl)c6ccccc6)c6ccccc6)cc5)CC4)cc3C2=O)C(=O)N1. The number of rotatable bonds is 13. The van der Waals surface area contributed by atoms with Crippen LogP contribution in [0, 0.1) is 11.7 Å². The predicted molar refractivity (Wildman–Crippen MR) is 229 cm³/mol. The van der Waals surface area contributed by atoms with Gasteiger partial charge in [-0.1, -0.05) is 72.8 Å². The van der Waals surface area contributed by atoms with E-state index in [0.29, 0.717) is 36.7 Å². The zero-order valence-electron chi connectivity index (χ0n) is 33.5. The number of benzene rings is 4. The number of anilines is 1. The number of carbonyl (C=O) groups excluding carboxylic acids is 4. The first-order valence-corrected chi connectivity index (χ1v) is 21.7. The van der Waals surface area contributed by atoms with Gasteiger partial charge in [-0.15, -0.1) is 11.6 Å². The number of fused-ring (bicyclic) bond motifs is 3. The molecule has 4 fully saturated rings. The van der Waals surface area contributed by atoms with E-state index in [-0.39, 0.29) is 30.0 Å². The molecule has 5 heterocycles. The summed E-state index contributed by atoms with van der Waals surface area (Å²) in [5, 5.41) is 2.20. The van der Waals surface area contributed by atoms with Crippen molar-refractivity contribution in [1.29, 1.82) is 0 Å². The number of amides is 4. The second kappa shape index (κ2) is 17.3. The lowest BCUT2D eigenvalue weighted by atomic mass is 9.88. The van der Waals surface area contributed by atoms with E-state index in [1.807, 2.05) is 17.0 Å². The highest BCUT2D eigenvalue weighted by Gasteiger charge is 2.48. The van der Waals surface area contributed by atoms with Gasteiger partial charge in [-0.05, 0) is 103 Å². The van der Waals surface area contributed by atoms with Gasteiger partial charge in [-0.2, -0.15) is 0 Å². The molecule has 4 aromatic carbocycles. The maximum absolute atomic E-state index is 15.6. The van der Waals surface area contributed by atoms with Gasteiger partial charge in [0.1, 0.15) is 24.2 Å². The van der Waals surface area contributed by atoms with Gasteiger partial charge in [-0.25, -0.2) is 4.39 Å². The molecule has 3 unspecified atom stereocenters. The van der Waals surface area contributed by atoms with Gasteiger partial charge < -0.3 is 9.64 Å². The van der Waals surface area contributed by atoms with Crippen molar-refractivity contribution in [3.05, 3.63) is 131 Å². The van der Waals surface area contributed by atoms with Gasteiger partial charge in [0.2, 0.25) is 11.8 Å². The molecule has 3 atom stereocenters. The normalized spacial score (nSPS) is 22.7. The minimum atomic E-state index is -1.08. The molecule has 10 nitrogen and oxygen atoms in total. The van der Waals surface area contributed by atoms with Crippen LogP contribution in [-0.2, 0) is 9.59 Å². The van der Waals surface area contributed by atoms with Crippen molar-refractivity contribution < 1.29 is 28.3 Å². The van der Waals surface area contributed by atoms with Gasteiger partial charge in [0, 0.05) is 50.6 Å². The Bertz CT molecular complexity index is 2300. The number of likely N-dealkylation sites (tertiary alicyclic amines) is 2. The molecule has 4 aromatic rings. The average Bonchev–Trinajstić information content (AvgIpc) is 3.93. The molecular weight excluding hydrogens is 781 g/mol. The highest BCUT2D eigenvalue weighted by Crippen LogP contribution is 2.40. The maximum Gasteiger partial charge on any atom is 0.262 e. The Balaban J connectivity index is 0.755. The first-order valence-electron chi connectivity index (χ1n) is 21.2. The standard InChI is InChI=1S/C48H49ClFN5O5/c49-20-17-38(32-7-3-1-4-8-32)45(33-9-5-2-6-10-33)34-11-13-37(14-12-34)60-24-23-52-21-18-31(19-22-52)28-53-29-36-25-35(53)30-54(36)43-27-40-39(26-41(43)50)47(58)55(48(40)59)42-15-16-44(56)51-46(42)57/h1-14,26-27,31,35-36,42H,15-25,28-30H2,(H,51,56,57). The third-order valence-electron chi connectivity index (χ3n) is 13.0. The zero-order valence-corrected chi connectivity index (χ0v) is 34.3. The van der Waals surface area contributed by atoms with Crippen LogP contribution in [0.5, 0.6) is 5.75 Å². The van der Waals surface area contributed by atoms with Gasteiger partial charge in [0.15, 0.2) is 0 Å². The van der Waals surface area contributed by atoms with Crippen molar-refractivity contribution in [3.8, 4) is 5.75 Å². The van der Waals surface area contributed by atoms with Gasteiger partial charge in [0.05, 0.1) is 16.8 Å². The number of alkyl halides is 1. The molecule has 0 saturated carbocycles. The van der Waals surface area contributed by atoms with Crippen LogP contribution >= 0.6 is 11.6 Å². The quantitative estimate of drug-likeness (QED) is 0.0886. The summed E-state index contributed by atoms with van der Waals surface area (Å²) < 4.78 is 21.9. The van der Waals surface area contributed by atoms with E-state index in [2.05, 4.69) is 87.9 Å². The summed E-state index contributed by atoms with van der Waals surface area (Å²) in [6.45, 7) is 6.03. The molecular formula is C48H49ClFN5O5. The number of carbonyl (C=O) groups is 4. The number of nitrogens with one attached hydrogen (secondary N) is 1. The third-order valence-corrected chi connectivity index (χ3v) is 13.2. The smallest absolute Gasteiger partial charge is 0.262 e. The summed E-state index contributed by atoms with van der Waals surface area (Å²) in [5.41, 5.74) is 6.26. The van der Waals surface area contributed by atoms with Crippen molar-refractivity contribution in [2.24, 2.45) is 5.92 Å². The summed E-state index contributed by atoms with van der Waals surface area (Å²) in [6, 6.07) is 31.3. The Morgan fingerprint density at radius 2 is 1.45 bits per heavy atom. The van der Waals surface area contributed by atoms with Crippen LogP contribution in [-0.4, -0.2) is 108 Å². The van der Waals surface area contributed by atoms with Crippen LogP contribution in [0.15, 0.2) is 97.1 Å². The maximum atomic E-state index is 15.6. The Hall–Kier alpha value is -5.36. The molecule has 5 aliphatic heterocycles. The number of hydrogen-bond donors (Lipinski definition) is 1. The molecule has 5 aliphatic rings. The number of ether oxygens (including phenoxy) is 1. The number of allylic oxidation sites excluding steroid dienone is 1. The summed E-state index contributed by atoms with van der Waals surface area (Å²) in [7, 11) is 0. The lowest BCUT2D eigenvalue weighted by Gasteiger charge is -2.39. The van der Waals surface area contributed by atoms with Gasteiger partial charge >= 0.3 is 0 Å². The van der Waals surface area contributed by atoms with E-state index in [9.17, 15) is 19.2 Å². The van der Waals surface area contributed by atoms with Crippen molar-refractivity contribution >= 4 is 52.1 Å². The monoisotopic (exact) mass is 829 g/mol. The zero-order chi connectivity index (χ0) is 41.3. The number of nitrogens with zero attached hydrogens (tertiary/aromatic N) is 4. The molecule has 12 heteroatoms. The van der Waals surface area contributed by atoms with Crippen molar-refractivity contribution in [3.63, 3.8) is 0 Å². The lowest BCUT2D eigenvalue weighted by Crippen LogP contribution is -2.54. The summed E-state index contributed by atoms with van der Waals surface area (Å²) >= 11 is 6.34. The highest BCUT2D eigenvalue weighted by atomic mass is 35.5. The largest absolute Gasteiger partial charge is 0.492 e. The van der Waals surface area contributed by atoms with E-state index >= 15 is 4.39 Å².